The van der Waals surface area contributed by atoms with E-state index in [1.165, 1.54) is 38.5 Å². The maximum atomic E-state index is 11.4. The van der Waals surface area contributed by atoms with Gasteiger partial charge < -0.3 is 9.47 Å². The van der Waals surface area contributed by atoms with E-state index in [2.05, 4.69) is 0 Å². The summed E-state index contributed by atoms with van der Waals surface area (Å²) < 4.78 is 10.2. The molecule has 0 saturated carbocycles. The highest BCUT2D eigenvalue weighted by atomic mass is 35.5. The monoisotopic (exact) mass is 378 g/mol. The first-order chi connectivity index (χ1) is 11.9. The third-order valence-electron chi connectivity index (χ3n) is 3.37. The quantitative estimate of drug-likeness (QED) is 0.316. The van der Waals surface area contributed by atoms with Gasteiger partial charge >= 0.3 is 0 Å². The Hall–Kier alpha value is -2.75. The zero-order valence-corrected chi connectivity index (χ0v) is 14.8. The number of allylic oxidation sites excluding steroid dienone is 1. The zero-order valence-electron chi connectivity index (χ0n) is 13.2. The number of ether oxygens (including phenoxy) is 2. The molecule has 0 heterocycles. The van der Waals surface area contributed by atoms with Crippen LogP contribution in [0.2, 0.25) is 10.0 Å². The Bertz CT molecular complexity index is 904. The molecule has 0 fully saturated rings. The number of methoxy groups -OCH3 is 2. The van der Waals surface area contributed by atoms with E-state index in [1.807, 2.05) is 6.07 Å². The number of hydrogen-bond acceptors (Lipinski definition) is 5. The molecule has 128 valence electrons. The minimum atomic E-state index is -0.591. The Balaban J connectivity index is 2.69. The number of nitro benzene ring substituents is 1. The van der Waals surface area contributed by atoms with Crippen LogP contribution in [0, 0.1) is 21.4 Å². The number of nitriles is 1. The molecule has 25 heavy (non-hydrogen) atoms. The SMILES string of the molecule is COc1cc(/C(C#N)=C\c2ccc(Cl)cc2Cl)c([N+](=O)[O-])cc1OC. The van der Waals surface area contributed by atoms with Crippen molar-refractivity contribution in [2.45, 2.75) is 0 Å². The molecule has 0 unspecified atom stereocenters. The summed E-state index contributed by atoms with van der Waals surface area (Å²) in [7, 11) is 2.77. The average Bonchev–Trinajstić information content (AvgIpc) is 2.59. The molecule has 8 heteroatoms. The lowest BCUT2D eigenvalue weighted by atomic mass is 10.0. The third-order valence-corrected chi connectivity index (χ3v) is 3.93. The largest absolute Gasteiger partial charge is 0.493 e. The first kappa shape index (κ1) is 18.6. The number of benzene rings is 2. The molecule has 0 atom stereocenters. The van der Waals surface area contributed by atoms with E-state index < -0.39 is 4.92 Å². The van der Waals surface area contributed by atoms with Gasteiger partial charge in [-0.15, -0.1) is 0 Å². The van der Waals surface area contributed by atoms with Crippen molar-refractivity contribution in [3.8, 4) is 17.6 Å². The van der Waals surface area contributed by atoms with Gasteiger partial charge in [0, 0.05) is 10.0 Å². The van der Waals surface area contributed by atoms with Gasteiger partial charge in [-0.2, -0.15) is 5.26 Å². The van der Waals surface area contributed by atoms with Gasteiger partial charge in [0.15, 0.2) is 11.5 Å². The average molecular weight is 379 g/mol. The highest BCUT2D eigenvalue weighted by Crippen LogP contribution is 2.38. The molecule has 2 rings (SSSR count). The maximum absolute atomic E-state index is 11.4. The molecule has 0 radical (unpaired) electrons. The maximum Gasteiger partial charge on any atom is 0.281 e. The minimum absolute atomic E-state index is 0.0527. The minimum Gasteiger partial charge on any atom is -0.493 e. The van der Waals surface area contributed by atoms with E-state index in [1.54, 1.807) is 12.1 Å². The van der Waals surface area contributed by atoms with Crippen molar-refractivity contribution in [1.82, 2.24) is 0 Å². The molecule has 0 aliphatic carbocycles. The van der Waals surface area contributed by atoms with Gasteiger partial charge in [-0.25, -0.2) is 0 Å². The second-order valence-electron chi connectivity index (χ2n) is 4.82. The lowest BCUT2D eigenvalue weighted by molar-refractivity contribution is -0.385. The Kier molecular flexibility index (Phi) is 5.86. The fourth-order valence-electron chi connectivity index (χ4n) is 2.18. The first-order valence-corrected chi connectivity index (χ1v) is 7.64. The molecule has 0 aliphatic rings. The van der Waals surface area contributed by atoms with Crippen LogP contribution in [0.25, 0.3) is 11.6 Å². The highest BCUT2D eigenvalue weighted by Gasteiger charge is 2.22. The Labute approximate surface area is 154 Å². The summed E-state index contributed by atoms with van der Waals surface area (Å²) in [6.45, 7) is 0. The lowest BCUT2D eigenvalue weighted by Crippen LogP contribution is -1.99. The van der Waals surface area contributed by atoms with E-state index in [-0.39, 0.29) is 28.3 Å². The molecule has 0 saturated heterocycles. The molecule has 0 amide bonds. The Morgan fingerprint density at radius 2 is 1.84 bits per heavy atom. The summed E-state index contributed by atoms with van der Waals surface area (Å²) in [5.74, 6) is 0.464. The molecule has 0 aromatic heterocycles. The van der Waals surface area contributed by atoms with Crippen LogP contribution in [-0.4, -0.2) is 19.1 Å². The molecule has 0 N–H and O–H groups in total. The normalized spacial score (nSPS) is 10.9. The number of hydrogen-bond donors (Lipinski definition) is 0. The summed E-state index contributed by atoms with van der Waals surface area (Å²) in [5.41, 5.74) is 0.371. The van der Waals surface area contributed by atoms with Crippen molar-refractivity contribution in [3.63, 3.8) is 0 Å². The van der Waals surface area contributed by atoms with Crippen molar-refractivity contribution in [3.05, 3.63) is 61.6 Å². The molecule has 6 nitrogen and oxygen atoms in total. The van der Waals surface area contributed by atoms with Gasteiger partial charge in [0.1, 0.15) is 6.07 Å². The van der Waals surface area contributed by atoms with Crippen LogP contribution in [0.1, 0.15) is 11.1 Å². The van der Waals surface area contributed by atoms with E-state index in [0.717, 1.165) is 0 Å². The predicted molar refractivity (Wildman–Crippen MR) is 96.1 cm³/mol. The zero-order chi connectivity index (χ0) is 18.6. The van der Waals surface area contributed by atoms with Crippen molar-refractivity contribution < 1.29 is 14.4 Å². The Morgan fingerprint density at radius 3 is 2.36 bits per heavy atom. The van der Waals surface area contributed by atoms with E-state index in [9.17, 15) is 15.4 Å². The first-order valence-electron chi connectivity index (χ1n) is 6.89. The van der Waals surface area contributed by atoms with Crippen LogP contribution in [0.3, 0.4) is 0 Å². The van der Waals surface area contributed by atoms with E-state index in [0.29, 0.717) is 15.6 Å². The van der Waals surface area contributed by atoms with Crippen LogP contribution < -0.4 is 9.47 Å². The predicted octanol–water partition coefficient (Wildman–Crippen LogP) is 4.98. The van der Waals surface area contributed by atoms with Gasteiger partial charge in [-0.3, -0.25) is 10.1 Å². The van der Waals surface area contributed by atoms with Crippen molar-refractivity contribution in [2.24, 2.45) is 0 Å². The molecule has 0 aliphatic heterocycles. The topological polar surface area (TPSA) is 85.4 Å². The third kappa shape index (κ3) is 4.02. The van der Waals surface area contributed by atoms with Crippen molar-refractivity contribution in [2.75, 3.05) is 14.2 Å². The number of nitrogens with zero attached hydrogens (tertiary/aromatic N) is 2. The molecule has 0 bridgehead atoms. The van der Waals surface area contributed by atoms with Gasteiger partial charge in [0.25, 0.3) is 5.69 Å². The van der Waals surface area contributed by atoms with Crippen molar-refractivity contribution >= 4 is 40.5 Å². The van der Waals surface area contributed by atoms with Gasteiger partial charge in [0.05, 0.1) is 36.3 Å². The smallest absolute Gasteiger partial charge is 0.281 e. The number of rotatable bonds is 5. The second-order valence-corrected chi connectivity index (χ2v) is 5.66. The fraction of sp³-hybridized carbons (Fsp3) is 0.118. The van der Waals surface area contributed by atoms with E-state index in [4.69, 9.17) is 32.7 Å². The fourth-order valence-corrected chi connectivity index (χ4v) is 2.64. The molecular weight excluding hydrogens is 367 g/mol. The summed E-state index contributed by atoms with van der Waals surface area (Å²) in [4.78, 5) is 10.8. The number of halogens is 2. The molecule has 2 aromatic rings. The molecule has 0 spiro atoms. The molecule has 2 aromatic carbocycles. The van der Waals surface area contributed by atoms with Crippen molar-refractivity contribution in [1.29, 1.82) is 5.26 Å². The lowest BCUT2D eigenvalue weighted by Gasteiger charge is -2.10. The standard InChI is InChI=1S/C17H12Cl2N2O4/c1-24-16-7-13(15(21(22)23)8-17(16)25-2)11(9-20)5-10-3-4-12(18)6-14(10)19/h3-8H,1-2H3/b11-5-. The molecular formula is C17H12Cl2N2O4. The van der Waals surface area contributed by atoms with Gasteiger partial charge in [0.2, 0.25) is 0 Å². The van der Waals surface area contributed by atoms with Gasteiger partial charge in [-0.1, -0.05) is 29.3 Å². The highest BCUT2D eigenvalue weighted by molar-refractivity contribution is 6.35. The van der Waals surface area contributed by atoms with Crippen LogP contribution in [-0.2, 0) is 0 Å². The van der Waals surface area contributed by atoms with Crippen LogP contribution in [0.5, 0.6) is 11.5 Å². The van der Waals surface area contributed by atoms with Crippen LogP contribution in [0.4, 0.5) is 5.69 Å². The van der Waals surface area contributed by atoms with Gasteiger partial charge in [-0.05, 0) is 29.8 Å². The Morgan fingerprint density at radius 1 is 1.20 bits per heavy atom. The van der Waals surface area contributed by atoms with E-state index >= 15 is 0 Å². The summed E-state index contributed by atoms with van der Waals surface area (Å²) >= 11 is 12.0. The van der Waals surface area contributed by atoms with Crippen LogP contribution >= 0.6 is 23.2 Å². The van der Waals surface area contributed by atoms with Crippen LogP contribution in [0.15, 0.2) is 30.3 Å². The second kappa shape index (κ2) is 7.88. The summed E-state index contributed by atoms with van der Waals surface area (Å²) in [6.07, 6.45) is 1.45. The summed E-state index contributed by atoms with van der Waals surface area (Å²) in [5, 5.41) is 21.7. The number of nitro groups is 1. The summed E-state index contributed by atoms with van der Waals surface area (Å²) in [6, 6.07) is 9.31.